The van der Waals surface area contributed by atoms with Gasteiger partial charge in [0, 0.05) is 18.9 Å². The molecule has 3 heteroatoms. The molecule has 0 radical (unpaired) electrons. The second-order valence-corrected chi connectivity index (χ2v) is 5.66. The number of allylic oxidation sites excluding steroid dienone is 4. The molecule has 3 nitrogen and oxygen atoms in total. The SMILES string of the molecule is CCO/C(=C/C=C(\C)c1cccnc1)C(C)=NCC(CC)CC. The quantitative estimate of drug-likeness (QED) is 0.352. The van der Waals surface area contributed by atoms with Crippen molar-refractivity contribution in [3.63, 3.8) is 0 Å². The summed E-state index contributed by atoms with van der Waals surface area (Å²) in [4.78, 5) is 8.87. The van der Waals surface area contributed by atoms with E-state index in [1.54, 1.807) is 6.20 Å². The van der Waals surface area contributed by atoms with E-state index in [1.807, 2.05) is 32.2 Å². The standard InChI is InChI=1S/C20H30N2O/c1-6-18(7-2)14-22-17(5)20(23-8-3)12-11-16(4)19-10-9-13-21-15-19/h9-13,15,18H,6-8,14H2,1-5H3/b16-11+,20-12+,22-17?. The molecule has 0 aliphatic rings. The highest BCUT2D eigenvalue weighted by molar-refractivity contribution is 5.96. The van der Waals surface area contributed by atoms with E-state index in [-0.39, 0.29) is 0 Å². The number of hydrogen-bond acceptors (Lipinski definition) is 3. The molecule has 23 heavy (non-hydrogen) atoms. The predicted molar refractivity (Wildman–Crippen MR) is 99.6 cm³/mol. The third-order valence-electron chi connectivity index (χ3n) is 4.00. The molecular formula is C20H30N2O. The summed E-state index contributed by atoms with van der Waals surface area (Å²) < 4.78 is 5.76. The zero-order valence-corrected chi connectivity index (χ0v) is 15.2. The predicted octanol–water partition coefficient (Wildman–Crippen LogP) is 5.30. The molecule has 0 aromatic carbocycles. The van der Waals surface area contributed by atoms with Crippen LogP contribution in [0.25, 0.3) is 5.57 Å². The van der Waals surface area contributed by atoms with Gasteiger partial charge in [-0.2, -0.15) is 0 Å². The number of aliphatic imine (C=N–C) groups is 1. The van der Waals surface area contributed by atoms with Gasteiger partial charge in [0.15, 0.2) is 0 Å². The van der Waals surface area contributed by atoms with Crippen LogP contribution < -0.4 is 0 Å². The molecule has 0 bridgehead atoms. The molecule has 0 atom stereocenters. The number of rotatable bonds is 9. The molecular weight excluding hydrogens is 284 g/mol. The fourth-order valence-corrected chi connectivity index (χ4v) is 2.21. The summed E-state index contributed by atoms with van der Waals surface area (Å²) in [6, 6.07) is 4.00. The second-order valence-electron chi connectivity index (χ2n) is 5.66. The first kappa shape index (κ1) is 19.1. The van der Waals surface area contributed by atoms with E-state index >= 15 is 0 Å². The van der Waals surface area contributed by atoms with Gasteiger partial charge in [0.05, 0.1) is 12.3 Å². The van der Waals surface area contributed by atoms with E-state index in [1.165, 1.54) is 12.8 Å². The Morgan fingerprint density at radius 1 is 1.22 bits per heavy atom. The van der Waals surface area contributed by atoms with E-state index in [0.29, 0.717) is 12.5 Å². The van der Waals surface area contributed by atoms with E-state index in [9.17, 15) is 0 Å². The van der Waals surface area contributed by atoms with Crippen LogP contribution in [0.2, 0.25) is 0 Å². The molecule has 1 aromatic heterocycles. The van der Waals surface area contributed by atoms with Gasteiger partial charge < -0.3 is 4.74 Å². The monoisotopic (exact) mass is 314 g/mol. The number of ether oxygens (including phenoxy) is 1. The maximum absolute atomic E-state index is 5.76. The van der Waals surface area contributed by atoms with E-state index in [4.69, 9.17) is 9.73 Å². The molecule has 0 saturated carbocycles. The Balaban J connectivity index is 2.89. The minimum atomic E-state index is 0.642. The van der Waals surface area contributed by atoms with Gasteiger partial charge in [0.2, 0.25) is 0 Å². The highest BCUT2D eigenvalue weighted by atomic mass is 16.5. The van der Waals surface area contributed by atoms with Gasteiger partial charge in [-0.1, -0.05) is 38.8 Å². The molecule has 1 heterocycles. The lowest BCUT2D eigenvalue weighted by Crippen LogP contribution is -2.07. The number of pyridine rings is 1. The van der Waals surface area contributed by atoms with Gasteiger partial charge in [-0.25, -0.2) is 0 Å². The van der Waals surface area contributed by atoms with Crippen molar-refractivity contribution in [3.8, 4) is 0 Å². The summed E-state index contributed by atoms with van der Waals surface area (Å²) in [5, 5.41) is 0. The number of hydrogen-bond donors (Lipinski definition) is 0. The molecule has 0 unspecified atom stereocenters. The molecule has 0 saturated heterocycles. The van der Waals surface area contributed by atoms with Crippen molar-refractivity contribution in [2.45, 2.75) is 47.5 Å². The Labute approximate surface area is 141 Å². The fraction of sp³-hybridized carbons (Fsp3) is 0.500. The van der Waals surface area contributed by atoms with Crippen molar-refractivity contribution < 1.29 is 4.74 Å². The van der Waals surface area contributed by atoms with Gasteiger partial charge in [0.1, 0.15) is 5.76 Å². The average Bonchev–Trinajstić information content (AvgIpc) is 2.59. The van der Waals surface area contributed by atoms with Crippen LogP contribution in [0.15, 0.2) is 47.4 Å². The normalized spacial score (nSPS) is 13.6. The topological polar surface area (TPSA) is 34.5 Å². The smallest absolute Gasteiger partial charge is 0.139 e. The van der Waals surface area contributed by atoms with Gasteiger partial charge in [-0.15, -0.1) is 0 Å². The van der Waals surface area contributed by atoms with Crippen LogP contribution >= 0.6 is 0 Å². The lowest BCUT2D eigenvalue weighted by atomic mass is 10.0. The van der Waals surface area contributed by atoms with E-state index < -0.39 is 0 Å². The Kier molecular flexibility index (Phi) is 8.96. The minimum Gasteiger partial charge on any atom is -0.492 e. The van der Waals surface area contributed by atoms with Crippen LogP contribution in [0.3, 0.4) is 0 Å². The largest absolute Gasteiger partial charge is 0.492 e. The first-order valence-electron chi connectivity index (χ1n) is 8.55. The van der Waals surface area contributed by atoms with Crippen molar-refractivity contribution in [2.24, 2.45) is 10.9 Å². The lowest BCUT2D eigenvalue weighted by Gasteiger charge is -2.11. The highest BCUT2D eigenvalue weighted by Gasteiger charge is 2.05. The summed E-state index contributed by atoms with van der Waals surface area (Å²) in [6.45, 7) is 12.1. The molecule has 0 amide bonds. The maximum atomic E-state index is 5.76. The van der Waals surface area contributed by atoms with Gasteiger partial charge in [0.25, 0.3) is 0 Å². The number of aromatic nitrogens is 1. The fourth-order valence-electron chi connectivity index (χ4n) is 2.21. The van der Waals surface area contributed by atoms with Crippen molar-refractivity contribution in [3.05, 3.63) is 48.0 Å². The average molecular weight is 314 g/mol. The van der Waals surface area contributed by atoms with Gasteiger partial charge in [-0.05, 0) is 50.0 Å². The Morgan fingerprint density at radius 3 is 2.52 bits per heavy atom. The summed E-state index contributed by atoms with van der Waals surface area (Å²) >= 11 is 0. The van der Waals surface area contributed by atoms with E-state index in [0.717, 1.165) is 29.2 Å². The van der Waals surface area contributed by atoms with Crippen LogP contribution in [-0.2, 0) is 4.74 Å². The molecule has 0 aliphatic heterocycles. The number of nitrogens with zero attached hydrogens (tertiary/aromatic N) is 2. The van der Waals surface area contributed by atoms with Crippen LogP contribution in [0.1, 0.15) is 53.0 Å². The molecule has 0 fully saturated rings. The first-order valence-corrected chi connectivity index (χ1v) is 8.55. The first-order chi connectivity index (χ1) is 11.1. The van der Waals surface area contributed by atoms with Crippen molar-refractivity contribution >= 4 is 11.3 Å². The summed E-state index contributed by atoms with van der Waals surface area (Å²) in [5.74, 6) is 1.50. The summed E-state index contributed by atoms with van der Waals surface area (Å²) in [7, 11) is 0. The molecule has 1 aromatic rings. The Morgan fingerprint density at radius 2 is 1.96 bits per heavy atom. The summed E-state index contributed by atoms with van der Waals surface area (Å²) in [6.07, 6.45) is 10.1. The zero-order chi connectivity index (χ0) is 17.1. The Hall–Kier alpha value is -1.90. The van der Waals surface area contributed by atoms with E-state index in [2.05, 4.69) is 37.9 Å². The Bertz CT molecular complexity index is 540. The van der Waals surface area contributed by atoms with Crippen LogP contribution in [0, 0.1) is 5.92 Å². The van der Waals surface area contributed by atoms with Crippen LogP contribution in [-0.4, -0.2) is 23.8 Å². The molecule has 0 aliphatic carbocycles. The van der Waals surface area contributed by atoms with Crippen molar-refractivity contribution in [2.75, 3.05) is 13.2 Å². The highest BCUT2D eigenvalue weighted by Crippen LogP contribution is 2.14. The summed E-state index contributed by atoms with van der Waals surface area (Å²) in [5.41, 5.74) is 3.24. The third kappa shape index (κ3) is 6.81. The molecule has 126 valence electrons. The molecule has 1 rings (SSSR count). The third-order valence-corrected chi connectivity index (χ3v) is 4.00. The van der Waals surface area contributed by atoms with Crippen LogP contribution in [0.4, 0.5) is 0 Å². The van der Waals surface area contributed by atoms with Gasteiger partial charge >= 0.3 is 0 Å². The molecule has 0 N–H and O–H groups in total. The lowest BCUT2D eigenvalue weighted by molar-refractivity contribution is 0.249. The van der Waals surface area contributed by atoms with Gasteiger partial charge in [-0.3, -0.25) is 9.98 Å². The van der Waals surface area contributed by atoms with Crippen molar-refractivity contribution in [1.82, 2.24) is 4.98 Å². The van der Waals surface area contributed by atoms with Crippen molar-refractivity contribution in [1.29, 1.82) is 0 Å². The second kappa shape index (κ2) is 10.8. The molecule has 0 spiro atoms. The van der Waals surface area contributed by atoms with Crippen LogP contribution in [0.5, 0.6) is 0 Å². The zero-order valence-electron chi connectivity index (χ0n) is 15.2. The maximum Gasteiger partial charge on any atom is 0.139 e. The minimum absolute atomic E-state index is 0.642.